The molecule has 1 heterocycles. The van der Waals surface area contributed by atoms with Crippen LogP contribution in [0.2, 0.25) is 0 Å². The summed E-state index contributed by atoms with van der Waals surface area (Å²) in [4.78, 5) is 7.08. The summed E-state index contributed by atoms with van der Waals surface area (Å²) in [7, 11) is 0. The molecule has 1 aliphatic rings. The van der Waals surface area contributed by atoms with Gasteiger partial charge < -0.3 is 5.73 Å². The molecule has 3 heteroatoms. The molecule has 106 valence electrons. The molecule has 0 saturated heterocycles. The SMILES string of the molecule is NCCCN(Cc1ccccn1)C1CCCCCC1. The maximum absolute atomic E-state index is 5.69. The van der Waals surface area contributed by atoms with Crippen molar-refractivity contribution in [1.82, 2.24) is 9.88 Å². The fourth-order valence-corrected chi connectivity index (χ4v) is 3.01. The molecule has 0 atom stereocenters. The van der Waals surface area contributed by atoms with Gasteiger partial charge >= 0.3 is 0 Å². The molecule has 1 aromatic heterocycles. The van der Waals surface area contributed by atoms with Crippen LogP contribution in [0.15, 0.2) is 24.4 Å². The zero-order valence-corrected chi connectivity index (χ0v) is 11.9. The molecule has 0 amide bonds. The lowest BCUT2D eigenvalue weighted by Gasteiger charge is -2.30. The van der Waals surface area contributed by atoms with E-state index in [4.69, 9.17) is 5.73 Å². The number of nitrogens with zero attached hydrogens (tertiary/aromatic N) is 2. The highest BCUT2D eigenvalue weighted by atomic mass is 15.2. The first-order valence-electron chi connectivity index (χ1n) is 7.74. The Kier molecular flexibility index (Phi) is 6.31. The van der Waals surface area contributed by atoms with Gasteiger partial charge in [-0.25, -0.2) is 0 Å². The number of rotatable bonds is 6. The summed E-state index contributed by atoms with van der Waals surface area (Å²) in [6.07, 6.45) is 11.2. The van der Waals surface area contributed by atoms with E-state index in [1.165, 1.54) is 44.2 Å². The molecule has 0 radical (unpaired) electrons. The Morgan fingerprint density at radius 2 is 1.95 bits per heavy atom. The Hall–Kier alpha value is -0.930. The standard InChI is InChI=1S/C16H27N3/c17-11-7-13-19(14-15-8-5-6-12-18-15)16-9-3-1-2-4-10-16/h5-6,8,12,16H,1-4,7,9-11,13-14,17H2. The van der Waals surface area contributed by atoms with Crippen molar-refractivity contribution < 1.29 is 0 Å². The van der Waals surface area contributed by atoms with E-state index in [0.29, 0.717) is 0 Å². The summed E-state index contributed by atoms with van der Waals surface area (Å²) >= 11 is 0. The van der Waals surface area contributed by atoms with Gasteiger partial charge in [0.25, 0.3) is 0 Å². The average Bonchev–Trinajstić information content (AvgIpc) is 2.73. The first-order chi connectivity index (χ1) is 9.40. The van der Waals surface area contributed by atoms with Gasteiger partial charge in [-0.3, -0.25) is 9.88 Å². The average molecular weight is 261 g/mol. The van der Waals surface area contributed by atoms with Crippen LogP contribution in [0, 0.1) is 0 Å². The van der Waals surface area contributed by atoms with Crippen molar-refractivity contribution in [2.45, 2.75) is 57.5 Å². The van der Waals surface area contributed by atoms with Gasteiger partial charge in [0.15, 0.2) is 0 Å². The smallest absolute Gasteiger partial charge is 0.0544 e. The number of hydrogen-bond donors (Lipinski definition) is 1. The van der Waals surface area contributed by atoms with Crippen molar-refractivity contribution in [3.63, 3.8) is 0 Å². The summed E-state index contributed by atoms with van der Waals surface area (Å²) in [5.74, 6) is 0. The van der Waals surface area contributed by atoms with E-state index >= 15 is 0 Å². The zero-order valence-electron chi connectivity index (χ0n) is 11.9. The molecule has 2 rings (SSSR count). The fraction of sp³-hybridized carbons (Fsp3) is 0.688. The van der Waals surface area contributed by atoms with Crippen molar-refractivity contribution in [1.29, 1.82) is 0 Å². The Morgan fingerprint density at radius 3 is 2.58 bits per heavy atom. The number of hydrogen-bond acceptors (Lipinski definition) is 3. The van der Waals surface area contributed by atoms with Crippen molar-refractivity contribution in [3.8, 4) is 0 Å². The van der Waals surface area contributed by atoms with Crippen molar-refractivity contribution in [2.24, 2.45) is 5.73 Å². The first-order valence-corrected chi connectivity index (χ1v) is 7.74. The first kappa shape index (κ1) is 14.5. The number of aromatic nitrogens is 1. The molecule has 0 spiro atoms. The summed E-state index contributed by atoms with van der Waals surface area (Å²) in [6.45, 7) is 2.87. The largest absolute Gasteiger partial charge is 0.330 e. The molecule has 1 fully saturated rings. The van der Waals surface area contributed by atoms with Crippen LogP contribution in [0.25, 0.3) is 0 Å². The highest BCUT2D eigenvalue weighted by Gasteiger charge is 2.20. The maximum atomic E-state index is 5.69. The molecule has 0 bridgehead atoms. The van der Waals surface area contributed by atoms with Crippen LogP contribution >= 0.6 is 0 Å². The van der Waals surface area contributed by atoms with Gasteiger partial charge in [0, 0.05) is 25.3 Å². The topological polar surface area (TPSA) is 42.1 Å². The van der Waals surface area contributed by atoms with Gasteiger partial charge in [0.2, 0.25) is 0 Å². The molecule has 3 nitrogen and oxygen atoms in total. The lowest BCUT2D eigenvalue weighted by molar-refractivity contribution is 0.167. The van der Waals surface area contributed by atoms with E-state index in [9.17, 15) is 0 Å². The summed E-state index contributed by atoms with van der Waals surface area (Å²) < 4.78 is 0. The van der Waals surface area contributed by atoms with E-state index in [1.807, 2.05) is 12.3 Å². The molecule has 1 aromatic rings. The summed E-state index contributed by atoms with van der Waals surface area (Å²) in [5, 5.41) is 0. The minimum atomic E-state index is 0.732. The van der Waals surface area contributed by atoms with Gasteiger partial charge in [-0.2, -0.15) is 0 Å². The predicted molar refractivity (Wildman–Crippen MR) is 79.8 cm³/mol. The number of nitrogens with two attached hydrogens (primary N) is 1. The Morgan fingerprint density at radius 1 is 1.16 bits per heavy atom. The third-order valence-corrected chi connectivity index (χ3v) is 4.08. The van der Waals surface area contributed by atoms with Crippen LogP contribution < -0.4 is 5.73 Å². The molecule has 19 heavy (non-hydrogen) atoms. The molecule has 1 saturated carbocycles. The van der Waals surface area contributed by atoms with Crippen LogP contribution in [0.5, 0.6) is 0 Å². The van der Waals surface area contributed by atoms with Gasteiger partial charge in [0.05, 0.1) is 5.69 Å². The zero-order chi connectivity index (χ0) is 13.3. The highest BCUT2D eigenvalue weighted by molar-refractivity contribution is 5.03. The van der Waals surface area contributed by atoms with E-state index < -0.39 is 0 Å². The molecule has 2 N–H and O–H groups in total. The van der Waals surface area contributed by atoms with Gasteiger partial charge in [-0.1, -0.05) is 31.7 Å². The monoisotopic (exact) mass is 261 g/mol. The van der Waals surface area contributed by atoms with E-state index in [0.717, 1.165) is 32.1 Å². The molecule has 1 aliphatic carbocycles. The molecular weight excluding hydrogens is 234 g/mol. The Labute approximate surface area is 117 Å². The lowest BCUT2D eigenvalue weighted by atomic mass is 10.1. The van der Waals surface area contributed by atoms with Crippen LogP contribution in [0.3, 0.4) is 0 Å². The third-order valence-electron chi connectivity index (χ3n) is 4.08. The van der Waals surface area contributed by atoms with Crippen LogP contribution in [-0.4, -0.2) is 29.0 Å². The van der Waals surface area contributed by atoms with Gasteiger partial charge in [-0.15, -0.1) is 0 Å². The lowest BCUT2D eigenvalue weighted by Crippen LogP contribution is -2.36. The van der Waals surface area contributed by atoms with E-state index in [-0.39, 0.29) is 0 Å². The van der Waals surface area contributed by atoms with Crippen molar-refractivity contribution in [2.75, 3.05) is 13.1 Å². The molecule has 0 unspecified atom stereocenters. The fourth-order valence-electron chi connectivity index (χ4n) is 3.01. The Bertz CT molecular complexity index is 331. The van der Waals surface area contributed by atoms with Crippen molar-refractivity contribution >= 4 is 0 Å². The minimum absolute atomic E-state index is 0.732. The predicted octanol–water partition coefficient (Wildman–Crippen LogP) is 2.96. The summed E-state index contributed by atoms with van der Waals surface area (Å²) in [6, 6.07) is 6.93. The van der Waals surface area contributed by atoms with E-state index in [2.05, 4.69) is 22.0 Å². The van der Waals surface area contributed by atoms with Crippen molar-refractivity contribution in [3.05, 3.63) is 30.1 Å². The van der Waals surface area contributed by atoms with E-state index in [1.54, 1.807) is 0 Å². The molecule has 0 aliphatic heterocycles. The van der Waals surface area contributed by atoms with Crippen LogP contribution in [0.4, 0.5) is 0 Å². The van der Waals surface area contributed by atoms with Crippen LogP contribution in [-0.2, 0) is 6.54 Å². The quantitative estimate of drug-likeness (QED) is 0.801. The molecule has 0 aromatic carbocycles. The normalized spacial score (nSPS) is 17.6. The van der Waals surface area contributed by atoms with Crippen LogP contribution in [0.1, 0.15) is 50.6 Å². The maximum Gasteiger partial charge on any atom is 0.0544 e. The second kappa shape index (κ2) is 8.28. The highest BCUT2D eigenvalue weighted by Crippen LogP contribution is 2.23. The molecular formula is C16H27N3. The minimum Gasteiger partial charge on any atom is -0.330 e. The summed E-state index contributed by atoms with van der Waals surface area (Å²) in [5.41, 5.74) is 6.87. The second-order valence-corrected chi connectivity index (χ2v) is 5.58. The Balaban J connectivity index is 1.97. The number of pyridine rings is 1. The second-order valence-electron chi connectivity index (χ2n) is 5.58. The van der Waals surface area contributed by atoms with Gasteiger partial charge in [-0.05, 0) is 37.9 Å². The van der Waals surface area contributed by atoms with Gasteiger partial charge in [0.1, 0.15) is 0 Å². The third kappa shape index (κ3) is 4.92.